The number of rotatable bonds is 7. The van der Waals surface area contributed by atoms with Crippen molar-refractivity contribution in [3.63, 3.8) is 0 Å². The molecule has 5 nitrogen and oxygen atoms in total. The van der Waals surface area contributed by atoms with E-state index in [1.165, 1.54) is 30.6 Å². The van der Waals surface area contributed by atoms with Crippen molar-refractivity contribution < 1.29 is 13.9 Å². The first-order chi connectivity index (χ1) is 11.4. The van der Waals surface area contributed by atoms with E-state index < -0.39 is 0 Å². The van der Waals surface area contributed by atoms with Crippen LogP contribution in [0.15, 0.2) is 29.6 Å². The lowest BCUT2D eigenvalue weighted by molar-refractivity contribution is -0.140. The van der Waals surface area contributed by atoms with Crippen molar-refractivity contribution in [1.29, 1.82) is 5.41 Å². The van der Waals surface area contributed by atoms with Gasteiger partial charge in [-0.1, -0.05) is 0 Å². The monoisotopic (exact) mass is 349 g/mol. The highest BCUT2D eigenvalue weighted by Gasteiger charge is 2.19. The van der Waals surface area contributed by atoms with E-state index in [1.54, 1.807) is 12.1 Å². The summed E-state index contributed by atoms with van der Waals surface area (Å²) in [7, 11) is 3.21. The largest absolute Gasteiger partial charge is 0.469 e. The lowest BCUT2D eigenvalue weighted by Gasteiger charge is -2.24. The van der Waals surface area contributed by atoms with Crippen LogP contribution in [0.2, 0.25) is 0 Å². The Hall–Kier alpha value is -2.28. The van der Waals surface area contributed by atoms with Crippen molar-refractivity contribution in [2.24, 2.45) is 0 Å². The van der Waals surface area contributed by atoms with Gasteiger partial charge in [0, 0.05) is 23.7 Å². The minimum Gasteiger partial charge on any atom is -0.469 e. The Morgan fingerprint density at radius 2 is 2.04 bits per heavy atom. The van der Waals surface area contributed by atoms with Gasteiger partial charge < -0.3 is 15.0 Å². The molecule has 1 N–H and O–H groups in total. The molecule has 1 atom stereocenters. The predicted molar refractivity (Wildman–Crippen MR) is 94.3 cm³/mol. The van der Waals surface area contributed by atoms with Crippen LogP contribution in [0.3, 0.4) is 0 Å². The summed E-state index contributed by atoms with van der Waals surface area (Å²) >= 11 is 1.46. The second-order valence-electron chi connectivity index (χ2n) is 5.41. The van der Waals surface area contributed by atoms with Gasteiger partial charge in [-0.3, -0.25) is 4.79 Å². The number of nitrogens with one attached hydrogen (secondary N) is 1. The highest BCUT2D eigenvalue weighted by atomic mass is 32.1. The molecule has 0 radical (unpaired) electrons. The summed E-state index contributed by atoms with van der Waals surface area (Å²) in [5.74, 6) is -0.596. The third kappa shape index (κ3) is 4.38. The Balaban J connectivity index is 2.04. The van der Waals surface area contributed by atoms with Crippen molar-refractivity contribution in [3.05, 3.63) is 35.5 Å². The lowest BCUT2D eigenvalue weighted by Crippen LogP contribution is -2.35. The number of aromatic nitrogens is 1. The van der Waals surface area contributed by atoms with Crippen LogP contribution < -0.4 is 4.90 Å². The molecule has 128 valence electrons. The van der Waals surface area contributed by atoms with Gasteiger partial charge in [0.2, 0.25) is 0 Å². The number of hydrogen-bond acceptors (Lipinski definition) is 6. The van der Waals surface area contributed by atoms with Gasteiger partial charge in [0.1, 0.15) is 5.82 Å². The quantitative estimate of drug-likeness (QED) is 0.611. The van der Waals surface area contributed by atoms with Crippen molar-refractivity contribution in [3.8, 4) is 11.3 Å². The Labute approximate surface area is 144 Å². The van der Waals surface area contributed by atoms with Crippen molar-refractivity contribution >= 4 is 28.1 Å². The molecule has 0 spiro atoms. The summed E-state index contributed by atoms with van der Waals surface area (Å²) in [5, 5.41) is 10.8. The van der Waals surface area contributed by atoms with E-state index in [1.807, 2.05) is 24.3 Å². The molecule has 1 aromatic heterocycles. The molecule has 0 saturated heterocycles. The Morgan fingerprint density at radius 1 is 1.38 bits per heavy atom. The number of halogens is 1. The van der Waals surface area contributed by atoms with Crippen molar-refractivity contribution in [1.82, 2.24) is 4.98 Å². The molecule has 0 fully saturated rings. The summed E-state index contributed by atoms with van der Waals surface area (Å²) in [5.41, 5.74) is 2.07. The Kier molecular flexibility index (Phi) is 6.03. The zero-order valence-corrected chi connectivity index (χ0v) is 14.7. The van der Waals surface area contributed by atoms with Gasteiger partial charge in [-0.15, -0.1) is 11.3 Å². The lowest BCUT2D eigenvalue weighted by atomic mass is 10.1. The first kappa shape index (κ1) is 18.1. The van der Waals surface area contributed by atoms with Crippen LogP contribution in [0.25, 0.3) is 11.3 Å². The number of ether oxygens (including phenoxy) is 1. The second-order valence-corrected chi connectivity index (χ2v) is 6.25. The number of nitrogens with zero attached hydrogens (tertiary/aromatic N) is 2. The molecule has 2 aromatic rings. The van der Waals surface area contributed by atoms with Crippen molar-refractivity contribution in [2.75, 3.05) is 19.1 Å². The number of methoxy groups -OCH3 is 1. The molecule has 1 heterocycles. The van der Waals surface area contributed by atoms with Crippen LogP contribution >= 0.6 is 11.3 Å². The highest BCUT2D eigenvalue weighted by molar-refractivity contribution is 7.14. The number of hydrogen-bond donors (Lipinski definition) is 1. The Bertz CT molecular complexity index is 715. The minimum atomic E-state index is -0.317. The molecule has 0 aliphatic carbocycles. The molecule has 7 heteroatoms. The highest BCUT2D eigenvalue weighted by Crippen LogP contribution is 2.28. The van der Waals surface area contributed by atoms with Gasteiger partial charge in [-0.05, 0) is 37.6 Å². The first-order valence-corrected chi connectivity index (χ1v) is 8.38. The van der Waals surface area contributed by atoms with Gasteiger partial charge in [0.05, 0.1) is 25.3 Å². The fourth-order valence-corrected chi connectivity index (χ4v) is 3.01. The third-order valence-electron chi connectivity index (χ3n) is 3.85. The molecule has 1 unspecified atom stereocenters. The number of thiazole rings is 1. The smallest absolute Gasteiger partial charge is 0.305 e. The van der Waals surface area contributed by atoms with E-state index in [4.69, 9.17) is 5.41 Å². The van der Waals surface area contributed by atoms with Crippen molar-refractivity contribution in [2.45, 2.75) is 25.8 Å². The van der Waals surface area contributed by atoms with Crippen LogP contribution in [0, 0.1) is 11.2 Å². The average Bonchev–Trinajstić information content (AvgIpc) is 3.08. The summed E-state index contributed by atoms with van der Waals surface area (Å²) < 4.78 is 17.6. The molecule has 0 amide bonds. The molecule has 1 aromatic carbocycles. The number of carbonyl (C=O) groups is 1. The van der Waals surface area contributed by atoms with E-state index in [2.05, 4.69) is 9.72 Å². The van der Waals surface area contributed by atoms with Crippen LogP contribution in [0.4, 0.5) is 9.52 Å². The minimum absolute atomic E-state index is 0.179. The van der Waals surface area contributed by atoms with E-state index in [-0.39, 0.29) is 24.2 Å². The van der Waals surface area contributed by atoms with Crippen LogP contribution in [-0.2, 0) is 9.53 Å². The molecular weight excluding hydrogens is 329 g/mol. The maximum absolute atomic E-state index is 13.0. The SMILES string of the molecule is COC(=O)CCC(=N)C(C)N(C)c1nc(-c2ccc(F)cc2)cs1. The fourth-order valence-electron chi connectivity index (χ4n) is 2.13. The maximum Gasteiger partial charge on any atom is 0.305 e. The van der Waals surface area contributed by atoms with Gasteiger partial charge in [-0.2, -0.15) is 0 Å². The molecule has 2 rings (SSSR count). The normalized spacial score (nSPS) is 11.8. The molecule has 24 heavy (non-hydrogen) atoms. The maximum atomic E-state index is 13.0. The first-order valence-electron chi connectivity index (χ1n) is 7.50. The summed E-state index contributed by atoms with van der Waals surface area (Å²) in [6.07, 6.45) is 0.556. The third-order valence-corrected chi connectivity index (χ3v) is 4.78. The molecule has 0 bridgehead atoms. The van der Waals surface area contributed by atoms with Gasteiger partial charge >= 0.3 is 5.97 Å². The predicted octanol–water partition coefficient (Wildman–Crippen LogP) is 3.75. The van der Waals surface area contributed by atoms with Crippen LogP contribution in [0.1, 0.15) is 19.8 Å². The zero-order chi connectivity index (χ0) is 17.7. The number of carbonyl (C=O) groups excluding carboxylic acids is 1. The molecule has 0 aliphatic heterocycles. The summed E-state index contributed by atoms with van der Waals surface area (Å²) in [4.78, 5) is 17.7. The fraction of sp³-hybridized carbons (Fsp3) is 0.353. The average molecular weight is 349 g/mol. The zero-order valence-electron chi connectivity index (χ0n) is 13.9. The molecule has 0 saturated carbocycles. The van der Waals surface area contributed by atoms with E-state index in [0.29, 0.717) is 12.1 Å². The standard InChI is InChI=1S/C17H20FN3O2S/c1-11(14(19)8-9-16(22)23-3)21(2)17-20-15(10-24-17)12-4-6-13(18)7-5-12/h4-7,10-11,19H,8-9H2,1-3H3. The topological polar surface area (TPSA) is 66.3 Å². The van der Waals surface area contributed by atoms with Crippen LogP contribution in [0.5, 0.6) is 0 Å². The van der Waals surface area contributed by atoms with Gasteiger partial charge in [0.15, 0.2) is 5.13 Å². The summed E-state index contributed by atoms with van der Waals surface area (Å²) in [6.45, 7) is 1.90. The molecular formula is C17H20FN3O2S. The van der Waals surface area contributed by atoms with E-state index in [0.717, 1.165) is 16.4 Å². The molecule has 0 aliphatic rings. The summed E-state index contributed by atoms with van der Waals surface area (Å²) in [6, 6.07) is 6.01. The number of esters is 1. The number of benzene rings is 1. The van der Waals surface area contributed by atoms with E-state index in [9.17, 15) is 9.18 Å². The number of anilines is 1. The van der Waals surface area contributed by atoms with Crippen LogP contribution in [-0.4, -0.2) is 36.9 Å². The Morgan fingerprint density at radius 3 is 2.67 bits per heavy atom. The van der Waals surface area contributed by atoms with Gasteiger partial charge in [0.25, 0.3) is 0 Å². The van der Waals surface area contributed by atoms with Gasteiger partial charge in [-0.25, -0.2) is 9.37 Å². The van der Waals surface area contributed by atoms with E-state index >= 15 is 0 Å². The second kappa shape index (κ2) is 8.01.